The summed E-state index contributed by atoms with van der Waals surface area (Å²) >= 11 is 4.98. The molecule has 2 rings (SSSR count). The fourth-order valence-electron chi connectivity index (χ4n) is 1.25. The molecule has 3 nitrogen and oxygen atoms in total. The quantitative estimate of drug-likeness (QED) is 0.700. The Morgan fingerprint density at radius 2 is 1.93 bits per heavy atom. The van der Waals surface area contributed by atoms with Crippen LogP contribution in [0.15, 0.2) is 36.4 Å². The summed E-state index contributed by atoms with van der Waals surface area (Å²) in [5.74, 6) is 0.344. The lowest BCUT2D eigenvalue weighted by atomic mass is 10.1. The molecule has 0 aliphatic carbocycles. The van der Waals surface area contributed by atoms with Crippen molar-refractivity contribution < 1.29 is 0 Å². The maximum Gasteiger partial charge on any atom is 0.199 e. The minimum Gasteiger partial charge on any atom is -0.369 e. The van der Waals surface area contributed by atoms with Gasteiger partial charge >= 0.3 is 0 Å². The molecule has 70 valence electrons. The summed E-state index contributed by atoms with van der Waals surface area (Å²) in [6.07, 6.45) is 0. The predicted molar refractivity (Wildman–Crippen MR) is 59.3 cm³/mol. The van der Waals surface area contributed by atoms with Gasteiger partial charge in [0.25, 0.3) is 0 Å². The van der Waals surface area contributed by atoms with Crippen LogP contribution in [0.1, 0.15) is 0 Å². The molecule has 0 saturated heterocycles. The highest BCUT2D eigenvalue weighted by molar-refractivity contribution is 7.71. The fourth-order valence-corrected chi connectivity index (χ4v) is 1.47. The molecule has 4 heteroatoms. The summed E-state index contributed by atoms with van der Waals surface area (Å²) < 4.78 is 0.500. The first kappa shape index (κ1) is 8.90. The van der Waals surface area contributed by atoms with Crippen molar-refractivity contribution in [2.45, 2.75) is 0 Å². The van der Waals surface area contributed by atoms with Crippen LogP contribution in [0, 0.1) is 4.64 Å². The molecule has 14 heavy (non-hydrogen) atoms. The minimum atomic E-state index is 0.344. The molecule has 0 spiro atoms. The minimum absolute atomic E-state index is 0.344. The number of nitrogens with two attached hydrogens (primary N) is 1. The van der Waals surface area contributed by atoms with Crippen molar-refractivity contribution in [1.82, 2.24) is 9.97 Å². The highest BCUT2D eigenvalue weighted by atomic mass is 32.1. The normalized spacial score (nSPS) is 10.0. The summed E-state index contributed by atoms with van der Waals surface area (Å²) in [6.45, 7) is 0. The number of anilines is 1. The van der Waals surface area contributed by atoms with Crippen LogP contribution in [-0.4, -0.2) is 9.97 Å². The second kappa shape index (κ2) is 3.59. The van der Waals surface area contributed by atoms with Gasteiger partial charge in [-0.1, -0.05) is 42.5 Å². The first-order chi connectivity index (χ1) is 6.75. The van der Waals surface area contributed by atoms with Crippen LogP contribution >= 0.6 is 12.2 Å². The van der Waals surface area contributed by atoms with Crippen LogP contribution in [-0.2, 0) is 0 Å². The molecule has 0 saturated carbocycles. The lowest BCUT2D eigenvalue weighted by Gasteiger charge is -2.02. The molecule has 0 fully saturated rings. The van der Waals surface area contributed by atoms with E-state index in [4.69, 9.17) is 18.0 Å². The third-order valence-electron chi connectivity index (χ3n) is 1.85. The first-order valence-electron chi connectivity index (χ1n) is 4.18. The maximum atomic E-state index is 5.56. The van der Waals surface area contributed by atoms with E-state index in [-0.39, 0.29) is 0 Å². The number of nitrogens with zero attached hydrogens (tertiary/aromatic N) is 1. The van der Waals surface area contributed by atoms with Crippen LogP contribution in [0.2, 0.25) is 0 Å². The van der Waals surface area contributed by atoms with Crippen molar-refractivity contribution in [2.75, 3.05) is 5.73 Å². The Morgan fingerprint density at radius 3 is 2.57 bits per heavy atom. The highest BCUT2D eigenvalue weighted by Gasteiger charge is 1.97. The lowest BCUT2D eigenvalue weighted by Crippen LogP contribution is -1.96. The molecule has 0 aliphatic rings. The number of rotatable bonds is 1. The second-order valence-corrected chi connectivity index (χ2v) is 3.30. The molecular weight excluding hydrogens is 194 g/mol. The van der Waals surface area contributed by atoms with Crippen LogP contribution < -0.4 is 5.73 Å². The van der Waals surface area contributed by atoms with Gasteiger partial charge in [0.1, 0.15) is 4.64 Å². The molecule has 0 bridgehead atoms. The molecule has 0 aliphatic heterocycles. The second-order valence-electron chi connectivity index (χ2n) is 2.88. The van der Waals surface area contributed by atoms with Gasteiger partial charge in [0.15, 0.2) is 5.95 Å². The van der Waals surface area contributed by atoms with Gasteiger partial charge in [-0.3, -0.25) is 0 Å². The molecular formula is C10H9N3S. The topological polar surface area (TPSA) is 54.7 Å². The summed E-state index contributed by atoms with van der Waals surface area (Å²) in [7, 11) is 0. The molecule has 1 aromatic carbocycles. The van der Waals surface area contributed by atoms with Gasteiger partial charge in [0.2, 0.25) is 0 Å². The number of benzene rings is 1. The van der Waals surface area contributed by atoms with E-state index < -0.39 is 0 Å². The van der Waals surface area contributed by atoms with Crippen molar-refractivity contribution in [3.05, 3.63) is 41.0 Å². The van der Waals surface area contributed by atoms with Gasteiger partial charge in [-0.15, -0.1) is 0 Å². The third-order valence-corrected chi connectivity index (χ3v) is 2.06. The molecule has 1 heterocycles. The molecule has 3 N–H and O–H groups in total. The number of nitrogen functional groups attached to an aromatic ring is 1. The van der Waals surface area contributed by atoms with E-state index in [1.807, 2.05) is 30.3 Å². The molecule has 0 atom stereocenters. The number of nitrogens with one attached hydrogen (secondary N) is 1. The molecule has 0 unspecified atom stereocenters. The van der Waals surface area contributed by atoms with Gasteiger partial charge in [0, 0.05) is 0 Å². The van der Waals surface area contributed by atoms with E-state index in [0.717, 1.165) is 11.3 Å². The Kier molecular flexibility index (Phi) is 2.28. The Hall–Kier alpha value is -1.68. The van der Waals surface area contributed by atoms with Crippen molar-refractivity contribution in [3.8, 4) is 11.3 Å². The Balaban J connectivity index is 2.58. The number of aromatic nitrogens is 2. The summed E-state index contributed by atoms with van der Waals surface area (Å²) in [6, 6.07) is 11.6. The van der Waals surface area contributed by atoms with E-state index in [9.17, 15) is 0 Å². The van der Waals surface area contributed by atoms with Crippen molar-refractivity contribution in [3.63, 3.8) is 0 Å². The molecule has 2 aromatic rings. The van der Waals surface area contributed by atoms with Crippen LogP contribution in [0.25, 0.3) is 11.3 Å². The fraction of sp³-hybridized carbons (Fsp3) is 0. The number of hydrogen-bond acceptors (Lipinski definition) is 3. The highest BCUT2D eigenvalue weighted by Crippen LogP contribution is 2.16. The van der Waals surface area contributed by atoms with Crippen LogP contribution in [0.5, 0.6) is 0 Å². The van der Waals surface area contributed by atoms with E-state index in [0.29, 0.717) is 10.6 Å². The lowest BCUT2D eigenvalue weighted by molar-refractivity contribution is 1.17. The Morgan fingerprint density at radius 1 is 1.21 bits per heavy atom. The largest absolute Gasteiger partial charge is 0.369 e. The zero-order valence-electron chi connectivity index (χ0n) is 7.40. The van der Waals surface area contributed by atoms with E-state index in [2.05, 4.69) is 9.97 Å². The average Bonchev–Trinajstić information content (AvgIpc) is 2.18. The molecule has 0 amide bonds. The number of aromatic amines is 1. The van der Waals surface area contributed by atoms with Crippen molar-refractivity contribution >= 4 is 18.2 Å². The van der Waals surface area contributed by atoms with Gasteiger partial charge < -0.3 is 10.7 Å². The Labute approximate surface area is 86.6 Å². The first-order valence-corrected chi connectivity index (χ1v) is 4.59. The standard InChI is InChI=1S/C10H9N3S/c11-10-12-8(6-9(14)13-10)7-4-2-1-3-5-7/h1-6H,(H3,11,12,13,14). The van der Waals surface area contributed by atoms with Gasteiger partial charge in [-0.05, 0) is 11.6 Å². The number of H-pyrrole nitrogens is 1. The zero-order chi connectivity index (χ0) is 9.97. The van der Waals surface area contributed by atoms with Gasteiger partial charge in [-0.25, -0.2) is 4.98 Å². The monoisotopic (exact) mass is 203 g/mol. The van der Waals surface area contributed by atoms with Crippen LogP contribution in [0.4, 0.5) is 5.95 Å². The predicted octanol–water partition coefficient (Wildman–Crippen LogP) is 2.39. The number of hydrogen-bond donors (Lipinski definition) is 2. The smallest absolute Gasteiger partial charge is 0.199 e. The Bertz CT molecular complexity index is 490. The summed E-state index contributed by atoms with van der Waals surface area (Å²) in [4.78, 5) is 6.86. The van der Waals surface area contributed by atoms with Gasteiger partial charge in [0.05, 0.1) is 5.69 Å². The van der Waals surface area contributed by atoms with Crippen LogP contribution in [0.3, 0.4) is 0 Å². The van der Waals surface area contributed by atoms with E-state index in [1.54, 1.807) is 6.07 Å². The summed E-state index contributed by atoms with van der Waals surface area (Å²) in [5.41, 5.74) is 7.50. The third kappa shape index (κ3) is 1.80. The average molecular weight is 203 g/mol. The van der Waals surface area contributed by atoms with E-state index >= 15 is 0 Å². The molecule has 0 radical (unpaired) electrons. The zero-order valence-corrected chi connectivity index (χ0v) is 8.21. The van der Waals surface area contributed by atoms with Crippen molar-refractivity contribution in [1.29, 1.82) is 0 Å². The summed E-state index contributed by atoms with van der Waals surface area (Å²) in [5, 5.41) is 0. The maximum absolute atomic E-state index is 5.56. The van der Waals surface area contributed by atoms with Crippen molar-refractivity contribution in [2.24, 2.45) is 0 Å². The van der Waals surface area contributed by atoms with E-state index in [1.165, 1.54) is 0 Å². The molecule has 1 aromatic heterocycles. The SMILES string of the molecule is Nc1nc(=S)cc(-c2ccccc2)[nH]1. The van der Waals surface area contributed by atoms with Gasteiger partial charge in [-0.2, -0.15) is 0 Å².